The molecule has 0 amide bonds. The molecule has 0 fully saturated rings. The SMILES string of the molecule is Fc1ccc(NCc2cnn(-c3ccccc3)c2)cn1. The number of rotatable bonds is 4. The average molecular weight is 268 g/mol. The van der Waals surface area contributed by atoms with E-state index >= 15 is 0 Å². The standard InChI is InChI=1S/C15H13FN4/c16-15-7-6-13(10-18-15)17-8-12-9-19-20(11-12)14-4-2-1-3-5-14/h1-7,9-11,17H,8H2. The van der Waals surface area contributed by atoms with E-state index in [-0.39, 0.29) is 0 Å². The van der Waals surface area contributed by atoms with Crippen LogP contribution in [0.4, 0.5) is 10.1 Å². The molecule has 2 aromatic heterocycles. The van der Waals surface area contributed by atoms with Gasteiger partial charge in [0.2, 0.25) is 5.95 Å². The first kappa shape index (κ1) is 12.3. The molecule has 0 atom stereocenters. The lowest BCUT2D eigenvalue weighted by Gasteiger charge is -2.03. The number of nitrogens with zero attached hydrogens (tertiary/aromatic N) is 3. The zero-order chi connectivity index (χ0) is 13.8. The van der Waals surface area contributed by atoms with Crippen molar-refractivity contribution in [2.24, 2.45) is 0 Å². The van der Waals surface area contributed by atoms with E-state index in [4.69, 9.17) is 0 Å². The number of hydrogen-bond donors (Lipinski definition) is 1. The number of nitrogens with one attached hydrogen (secondary N) is 1. The molecule has 3 aromatic rings. The third kappa shape index (κ3) is 2.83. The zero-order valence-electron chi connectivity index (χ0n) is 10.7. The van der Waals surface area contributed by atoms with Gasteiger partial charge in [-0.2, -0.15) is 9.49 Å². The molecule has 100 valence electrons. The molecule has 0 spiro atoms. The maximum atomic E-state index is 12.7. The number of para-hydroxylation sites is 1. The molecule has 1 aromatic carbocycles. The lowest BCUT2D eigenvalue weighted by Crippen LogP contribution is -1.99. The zero-order valence-corrected chi connectivity index (χ0v) is 10.7. The van der Waals surface area contributed by atoms with Gasteiger partial charge >= 0.3 is 0 Å². The fourth-order valence-corrected chi connectivity index (χ4v) is 1.86. The summed E-state index contributed by atoms with van der Waals surface area (Å²) in [6, 6.07) is 12.9. The van der Waals surface area contributed by atoms with Crippen LogP contribution in [0, 0.1) is 5.95 Å². The molecule has 0 saturated heterocycles. The van der Waals surface area contributed by atoms with E-state index in [0.29, 0.717) is 6.54 Å². The highest BCUT2D eigenvalue weighted by molar-refractivity contribution is 5.40. The second-order valence-corrected chi connectivity index (χ2v) is 4.35. The van der Waals surface area contributed by atoms with Crippen LogP contribution >= 0.6 is 0 Å². The van der Waals surface area contributed by atoms with Crippen LogP contribution in [-0.4, -0.2) is 14.8 Å². The van der Waals surface area contributed by atoms with E-state index in [0.717, 1.165) is 16.9 Å². The number of hydrogen-bond acceptors (Lipinski definition) is 3. The Morgan fingerprint density at radius 3 is 2.65 bits per heavy atom. The van der Waals surface area contributed by atoms with Crippen LogP contribution < -0.4 is 5.32 Å². The van der Waals surface area contributed by atoms with E-state index in [1.807, 2.05) is 41.2 Å². The molecule has 0 aliphatic carbocycles. The second kappa shape index (κ2) is 5.52. The highest BCUT2D eigenvalue weighted by Gasteiger charge is 2.01. The Morgan fingerprint density at radius 1 is 1.05 bits per heavy atom. The summed E-state index contributed by atoms with van der Waals surface area (Å²) in [4.78, 5) is 3.59. The van der Waals surface area contributed by atoms with E-state index < -0.39 is 5.95 Å². The molecule has 5 heteroatoms. The lowest BCUT2D eigenvalue weighted by molar-refractivity contribution is 0.584. The Labute approximate surface area is 115 Å². The van der Waals surface area contributed by atoms with Gasteiger partial charge in [0.1, 0.15) is 0 Å². The fourth-order valence-electron chi connectivity index (χ4n) is 1.86. The summed E-state index contributed by atoms with van der Waals surface area (Å²) in [5.41, 5.74) is 2.83. The van der Waals surface area contributed by atoms with E-state index in [1.54, 1.807) is 12.3 Å². The Bertz CT molecular complexity index is 677. The third-order valence-electron chi connectivity index (χ3n) is 2.88. The van der Waals surface area contributed by atoms with E-state index in [9.17, 15) is 4.39 Å². The number of pyridine rings is 1. The van der Waals surface area contributed by atoms with Gasteiger partial charge in [0.25, 0.3) is 0 Å². The van der Waals surface area contributed by atoms with E-state index in [2.05, 4.69) is 15.4 Å². The third-order valence-corrected chi connectivity index (χ3v) is 2.88. The number of aromatic nitrogens is 3. The molecule has 0 unspecified atom stereocenters. The predicted octanol–water partition coefficient (Wildman–Crippen LogP) is 3.02. The highest BCUT2D eigenvalue weighted by atomic mass is 19.1. The van der Waals surface area contributed by atoms with Crippen molar-refractivity contribution >= 4 is 5.69 Å². The van der Waals surface area contributed by atoms with Crippen molar-refractivity contribution in [3.05, 3.63) is 72.6 Å². The molecule has 2 heterocycles. The Hall–Kier alpha value is -2.69. The van der Waals surface area contributed by atoms with Crippen molar-refractivity contribution < 1.29 is 4.39 Å². The molecule has 20 heavy (non-hydrogen) atoms. The quantitative estimate of drug-likeness (QED) is 0.740. The first-order valence-electron chi connectivity index (χ1n) is 6.26. The van der Waals surface area contributed by atoms with Gasteiger partial charge in [-0.3, -0.25) is 0 Å². The summed E-state index contributed by atoms with van der Waals surface area (Å²) in [5, 5.41) is 7.48. The highest BCUT2D eigenvalue weighted by Crippen LogP contribution is 2.10. The first-order valence-corrected chi connectivity index (χ1v) is 6.26. The topological polar surface area (TPSA) is 42.7 Å². The molecule has 4 nitrogen and oxygen atoms in total. The molecular weight excluding hydrogens is 255 g/mol. The Morgan fingerprint density at radius 2 is 1.90 bits per heavy atom. The monoisotopic (exact) mass is 268 g/mol. The minimum absolute atomic E-state index is 0.479. The lowest BCUT2D eigenvalue weighted by atomic mass is 10.3. The summed E-state index contributed by atoms with van der Waals surface area (Å²) < 4.78 is 14.5. The van der Waals surface area contributed by atoms with Crippen molar-refractivity contribution in [1.82, 2.24) is 14.8 Å². The van der Waals surface area contributed by atoms with Gasteiger partial charge in [-0.15, -0.1) is 0 Å². The number of anilines is 1. The van der Waals surface area contributed by atoms with Crippen LogP contribution in [-0.2, 0) is 6.54 Å². The largest absolute Gasteiger partial charge is 0.380 e. The van der Waals surface area contributed by atoms with Crippen LogP contribution in [0.1, 0.15) is 5.56 Å². The van der Waals surface area contributed by atoms with Gasteiger partial charge in [-0.05, 0) is 24.3 Å². The minimum atomic E-state index is -0.479. The van der Waals surface area contributed by atoms with Crippen LogP contribution in [0.2, 0.25) is 0 Å². The van der Waals surface area contributed by atoms with Gasteiger partial charge in [0, 0.05) is 18.3 Å². The molecule has 0 aliphatic rings. The molecule has 0 bridgehead atoms. The number of halogens is 1. The van der Waals surface area contributed by atoms with Crippen LogP contribution in [0.25, 0.3) is 5.69 Å². The molecular formula is C15H13FN4. The molecule has 0 aliphatic heterocycles. The van der Waals surface area contributed by atoms with Crippen LogP contribution in [0.5, 0.6) is 0 Å². The Balaban J connectivity index is 1.67. The molecule has 3 rings (SSSR count). The fraction of sp³-hybridized carbons (Fsp3) is 0.0667. The normalized spacial score (nSPS) is 10.4. The maximum Gasteiger partial charge on any atom is 0.212 e. The maximum absolute atomic E-state index is 12.7. The van der Waals surface area contributed by atoms with Gasteiger partial charge in [-0.1, -0.05) is 18.2 Å². The van der Waals surface area contributed by atoms with Gasteiger partial charge in [0.05, 0.1) is 23.8 Å². The van der Waals surface area contributed by atoms with Crippen molar-refractivity contribution in [3.63, 3.8) is 0 Å². The van der Waals surface area contributed by atoms with Crippen LogP contribution in [0.3, 0.4) is 0 Å². The smallest absolute Gasteiger partial charge is 0.212 e. The average Bonchev–Trinajstić information content (AvgIpc) is 2.97. The van der Waals surface area contributed by atoms with E-state index in [1.165, 1.54) is 12.3 Å². The summed E-state index contributed by atoms with van der Waals surface area (Å²) in [5.74, 6) is -0.479. The molecule has 1 N–H and O–H groups in total. The van der Waals surface area contributed by atoms with Crippen LogP contribution in [0.15, 0.2) is 61.1 Å². The Kier molecular flexibility index (Phi) is 3.41. The second-order valence-electron chi connectivity index (χ2n) is 4.35. The molecule has 0 radical (unpaired) electrons. The summed E-state index contributed by atoms with van der Waals surface area (Å²) >= 11 is 0. The molecule has 0 saturated carbocycles. The minimum Gasteiger partial charge on any atom is -0.380 e. The van der Waals surface area contributed by atoms with Crippen molar-refractivity contribution in [3.8, 4) is 5.69 Å². The predicted molar refractivity (Wildman–Crippen MR) is 75.1 cm³/mol. The van der Waals surface area contributed by atoms with Gasteiger partial charge in [0.15, 0.2) is 0 Å². The summed E-state index contributed by atoms with van der Waals surface area (Å²) in [6.07, 6.45) is 5.23. The van der Waals surface area contributed by atoms with Crippen molar-refractivity contribution in [2.45, 2.75) is 6.54 Å². The van der Waals surface area contributed by atoms with Crippen molar-refractivity contribution in [2.75, 3.05) is 5.32 Å². The van der Waals surface area contributed by atoms with Gasteiger partial charge in [-0.25, -0.2) is 9.67 Å². The summed E-state index contributed by atoms with van der Waals surface area (Å²) in [6.45, 7) is 0.611. The number of benzene rings is 1. The van der Waals surface area contributed by atoms with Crippen molar-refractivity contribution in [1.29, 1.82) is 0 Å². The first-order chi connectivity index (χ1) is 9.81. The van der Waals surface area contributed by atoms with Gasteiger partial charge < -0.3 is 5.32 Å². The summed E-state index contributed by atoms with van der Waals surface area (Å²) in [7, 11) is 0.